The molecule has 1 aromatic carbocycles. The minimum Gasteiger partial charge on any atom is -0.375 e. The highest BCUT2D eigenvalue weighted by Gasteiger charge is 2.07. The monoisotopic (exact) mass is 539 g/mol. The van der Waals surface area contributed by atoms with E-state index in [1.54, 1.807) is 11.3 Å². The summed E-state index contributed by atoms with van der Waals surface area (Å²) in [7, 11) is 4.09. The number of aryl methyl sites for hydroxylation is 1. The van der Waals surface area contributed by atoms with Crippen molar-refractivity contribution in [3.63, 3.8) is 0 Å². The lowest BCUT2D eigenvalue weighted by atomic mass is 10.3. The molecule has 3 rings (SSSR count). The normalized spacial score (nSPS) is 11.1. The van der Waals surface area contributed by atoms with E-state index in [-0.39, 0.29) is 24.0 Å². The molecule has 0 saturated heterocycles. The predicted molar refractivity (Wildman–Crippen MR) is 136 cm³/mol. The fourth-order valence-corrected chi connectivity index (χ4v) is 3.49. The van der Waals surface area contributed by atoms with E-state index in [0.717, 1.165) is 37.1 Å². The molecule has 162 valence electrons. The van der Waals surface area contributed by atoms with Gasteiger partial charge in [0.1, 0.15) is 5.82 Å². The molecule has 30 heavy (non-hydrogen) atoms. The summed E-state index contributed by atoms with van der Waals surface area (Å²) in [6.07, 6.45) is 1.01. The number of benzene rings is 1. The average molecular weight is 539 g/mol. The number of aliphatic imine (C=N–C) groups is 1. The molecule has 0 aliphatic rings. The molecule has 0 atom stereocenters. The van der Waals surface area contributed by atoms with Gasteiger partial charge in [0.2, 0.25) is 0 Å². The third-order valence-corrected chi connectivity index (χ3v) is 5.49. The summed E-state index contributed by atoms with van der Waals surface area (Å²) in [6.45, 7) is 4.99. The van der Waals surface area contributed by atoms with Crippen molar-refractivity contribution >= 4 is 47.0 Å². The number of anilines is 1. The second kappa shape index (κ2) is 12.5. The van der Waals surface area contributed by atoms with Crippen LogP contribution in [-0.4, -0.2) is 40.9 Å². The van der Waals surface area contributed by atoms with Crippen molar-refractivity contribution in [3.8, 4) is 0 Å². The summed E-state index contributed by atoms with van der Waals surface area (Å²) in [5.41, 5.74) is 2.45. The molecule has 0 radical (unpaired) electrons. The highest BCUT2D eigenvalue weighted by Crippen LogP contribution is 2.10. The number of guanidine groups is 1. The van der Waals surface area contributed by atoms with Crippen LogP contribution in [0.15, 0.2) is 52.2 Å². The zero-order chi connectivity index (χ0) is 20.5. The van der Waals surface area contributed by atoms with Gasteiger partial charge >= 0.3 is 0 Å². The van der Waals surface area contributed by atoms with E-state index >= 15 is 0 Å². The van der Waals surface area contributed by atoms with E-state index in [1.807, 2.05) is 24.6 Å². The van der Waals surface area contributed by atoms with Crippen molar-refractivity contribution < 1.29 is 0 Å². The Morgan fingerprint density at radius 1 is 1.17 bits per heavy atom. The van der Waals surface area contributed by atoms with Gasteiger partial charge in [0.05, 0.1) is 13.1 Å². The van der Waals surface area contributed by atoms with Gasteiger partial charge in [-0.3, -0.25) is 0 Å². The number of hydrogen-bond donors (Lipinski definition) is 2. The number of nitrogens with zero attached hydrogens (tertiary/aromatic N) is 5. The molecule has 0 amide bonds. The standard InChI is InChI=1S/C21H29N7S.HI/c1-17-25-26-20(28(17)3)15-24-21(23-14-18-10-13-29-16-18)22-11-7-12-27(2)19-8-5-4-6-9-19;/h4-6,8-10,13,16H,7,11-12,14-15H2,1-3H3,(H2,22,23,24);1H. The third-order valence-electron chi connectivity index (χ3n) is 4.76. The van der Waals surface area contributed by atoms with Gasteiger partial charge in [-0.1, -0.05) is 18.2 Å². The quantitative estimate of drug-likeness (QED) is 0.188. The van der Waals surface area contributed by atoms with Crippen molar-refractivity contribution in [2.45, 2.75) is 26.4 Å². The highest BCUT2D eigenvalue weighted by molar-refractivity contribution is 14.0. The third kappa shape index (κ3) is 7.28. The number of thiophene rings is 1. The van der Waals surface area contributed by atoms with E-state index in [9.17, 15) is 0 Å². The maximum Gasteiger partial charge on any atom is 0.191 e. The number of para-hydroxylation sites is 1. The van der Waals surface area contributed by atoms with Crippen LogP contribution in [0.2, 0.25) is 0 Å². The summed E-state index contributed by atoms with van der Waals surface area (Å²) < 4.78 is 1.98. The van der Waals surface area contributed by atoms with Crippen molar-refractivity contribution in [1.82, 2.24) is 25.4 Å². The van der Waals surface area contributed by atoms with Crippen molar-refractivity contribution in [2.75, 3.05) is 25.0 Å². The van der Waals surface area contributed by atoms with Gasteiger partial charge in [-0.15, -0.1) is 34.2 Å². The van der Waals surface area contributed by atoms with Crippen LogP contribution < -0.4 is 15.5 Å². The zero-order valence-corrected chi connectivity index (χ0v) is 20.9. The van der Waals surface area contributed by atoms with Gasteiger partial charge < -0.3 is 20.1 Å². The van der Waals surface area contributed by atoms with E-state index in [4.69, 9.17) is 4.99 Å². The lowest BCUT2D eigenvalue weighted by Crippen LogP contribution is -2.38. The maximum absolute atomic E-state index is 4.72. The van der Waals surface area contributed by atoms with E-state index in [0.29, 0.717) is 13.1 Å². The Morgan fingerprint density at radius 2 is 1.97 bits per heavy atom. The van der Waals surface area contributed by atoms with Crippen LogP contribution in [0.1, 0.15) is 23.6 Å². The summed E-state index contributed by atoms with van der Waals surface area (Å²) >= 11 is 1.69. The first-order valence-corrected chi connectivity index (χ1v) is 10.7. The maximum atomic E-state index is 4.72. The van der Waals surface area contributed by atoms with Crippen molar-refractivity contribution in [1.29, 1.82) is 0 Å². The van der Waals surface area contributed by atoms with Crippen LogP contribution in [0.5, 0.6) is 0 Å². The Bertz CT molecular complexity index is 893. The first kappa shape index (κ1) is 24.1. The largest absolute Gasteiger partial charge is 0.375 e. The number of halogens is 1. The molecule has 0 saturated carbocycles. The number of hydrogen-bond acceptors (Lipinski definition) is 5. The first-order valence-electron chi connectivity index (χ1n) is 9.78. The second-order valence-corrected chi connectivity index (χ2v) is 7.69. The summed E-state index contributed by atoms with van der Waals surface area (Å²) in [4.78, 5) is 6.99. The Labute approximate surface area is 199 Å². The Kier molecular flexibility index (Phi) is 10.1. The van der Waals surface area contributed by atoms with Crippen LogP contribution in [0.25, 0.3) is 0 Å². The highest BCUT2D eigenvalue weighted by atomic mass is 127. The number of aromatic nitrogens is 3. The van der Waals surface area contributed by atoms with E-state index in [1.165, 1.54) is 11.3 Å². The molecular formula is C21H30IN7S. The lowest BCUT2D eigenvalue weighted by Gasteiger charge is -2.19. The van der Waals surface area contributed by atoms with Crippen molar-refractivity contribution in [3.05, 3.63) is 64.4 Å². The average Bonchev–Trinajstić information content (AvgIpc) is 3.38. The minimum absolute atomic E-state index is 0. The molecule has 0 spiro atoms. The molecule has 0 bridgehead atoms. The van der Waals surface area contributed by atoms with Gasteiger partial charge in [0.25, 0.3) is 0 Å². The first-order chi connectivity index (χ1) is 14.1. The Balaban J connectivity index is 0.00000320. The summed E-state index contributed by atoms with van der Waals surface area (Å²) in [6, 6.07) is 12.5. The minimum atomic E-state index is 0. The molecule has 0 aliphatic heterocycles. The summed E-state index contributed by atoms with van der Waals surface area (Å²) in [5.74, 6) is 2.58. The molecule has 7 nitrogen and oxygen atoms in total. The van der Waals surface area contributed by atoms with Gasteiger partial charge in [-0.2, -0.15) is 11.3 Å². The van der Waals surface area contributed by atoms with E-state index < -0.39 is 0 Å². The van der Waals surface area contributed by atoms with Crippen LogP contribution in [0, 0.1) is 6.92 Å². The molecule has 2 heterocycles. The zero-order valence-electron chi connectivity index (χ0n) is 17.7. The van der Waals surface area contributed by atoms with Crippen LogP contribution >= 0.6 is 35.3 Å². The van der Waals surface area contributed by atoms with Gasteiger partial charge in [0, 0.05) is 32.9 Å². The van der Waals surface area contributed by atoms with Gasteiger partial charge in [-0.25, -0.2) is 4.99 Å². The fraction of sp³-hybridized carbons (Fsp3) is 0.381. The van der Waals surface area contributed by atoms with Crippen LogP contribution in [0.3, 0.4) is 0 Å². The van der Waals surface area contributed by atoms with Crippen LogP contribution in [0.4, 0.5) is 5.69 Å². The Hall–Kier alpha value is -2.14. The number of nitrogens with one attached hydrogen (secondary N) is 2. The number of rotatable bonds is 9. The SMILES string of the molecule is Cc1nnc(CNC(=NCc2ccsc2)NCCCN(C)c2ccccc2)n1C.I. The van der Waals surface area contributed by atoms with E-state index in [2.05, 4.69) is 73.9 Å². The molecule has 0 aliphatic carbocycles. The molecule has 0 fully saturated rings. The molecule has 2 aromatic heterocycles. The van der Waals surface area contributed by atoms with Gasteiger partial charge in [-0.05, 0) is 47.9 Å². The molecule has 9 heteroatoms. The van der Waals surface area contributed by atoms with Crippen molar-refractivity contribution in [2.24, 2.45) is 12.0 Å². The van der Waals surface area contributed by atoms with Crippen LogP contribution in [-0.2, 0) is 20.1 Å². The van der Waals surface area contributed by atoms with Gasteiger partial charge in [0.15, 0.2) is 11.8 Å². The summed E-state index contributed by atoms with van der Waals surface area (Å²) in [5, 5.41) is 19.4. The molecule has 0 unspecified atom stereocenters. The smallest absolute Gasteiger partial charge is 0.191 e. The molecule has 2 N–H and O–H groups in total. The topological polar surface area (TPSA) is 70.4 Å². The lowest BCUT2D eigenvalue weighted by molar-refractivity contribution is 0.697. The predicted octanol–water partition coefficient (Wildman–Crippen LogP) is 3.56. The molecular weight excluding hydrogens is 509 g/mol. The fourth-order valence-electron chi connectivity index (χ4n) is 2.83. The Morgan fingerprint density at radius 3 is 2.63 bits per heavy atom. The second-order valence-electron chi connectivity index (χ2n) is 6.91. The molecule has 3 aromatic rings.